The number of pyridine rings is 1. The highest BCUT2D eigenvalue weighted by Crippen LogP contribution is 2.38. The summed E-state index contributed by atoms with van der Waals surface area (Å²) in [6.07, 6.45) is 1.55. The number of hydrogen-bond acceptors (Lipinski definition) is 7. The minimum Gasteiger partial charge on any atom is -0.493 e. The zero-order valence-corrected chi connectivity index (χ0v) is 21.1. The van der Waals surface area contributed by atoms with Crippen molar-refractivity contribution in [1.82, 2.24) is 15.2 Å². The number of aliphatic hydroxyl groups is 1. The van der Waals surface area contributed by atoms with Gasteiger partial charge in [-0.2, -0.15) is 0 Å². The number of fused-ring (bicyclic) bond motifs is 4. The molecule has 0 bridgehead atoms. The van der Waals surface area contributed by atoms with Crippen LogP contribution in [0.4, 0.5) is 5.69 Å². The third kappa shape index (κ3) is 4.38. The zero-order valence-electron chi connectivity index (χ0n) is 21.1. The van der Waals surface area contributed by atoms with Gasteiger partial charge in [-0.1, -0.05) is 18.2 Å². The van der Waals surface area contributed by atoms with Crippen LogP contribution in [0.25, 0.3) is 21.8 Å². The number of aliphatic imine (C=N–C) groups is 1. The van der Waals surface area contributed by atoms with Crippen molar-refractivity contribution in [2.24, 2.45) is 4.99 Å². The standard InChI is InChI=1S/C29H26N4O6/c1-38-24-12-21-23(31-14-16-11-17(34)15-33(16)29(21)37)13-25(24)39-10-9-30-28(36)20-7-4-6-19-26(20)32-22-8-3-2-5-18(22)27(19)35/h2-8,12-14,16-17,34H,9-11,15H2,1H3,(H,30,36)(H,32,35)/t16-,17+/m0/s1. The lowest BCUT2D eigenvalue weighted by Crippen LogP contribution is -2.35. The molecule has 4 aromatic rings. The summed E-state index contributed by atoms with van der Waals surface area (Å²) < 4.78 is 11.4. The molecule has 2 aliphatic heterocycles. The quantitative estimate of drug-likeness (QED) is 0.261. The molecular weight excluding hydrogens is 500 g/mol. The molecule has 1 fully saturated rings. The van der Waals surface area contributed by atoms with Gasteiger partial charge in [0.05, 0.1) is 48.1 Å². The zero-order chi connectivity index (χ0) is 27.1. The lowest BCUT2D eigenvalue weighted by Gasteiger charge is -2.20. The summed E-state index contributed by atoms with van der Waals surface area (Å²) in [5, 5.41) is 13.8. The molecule has 2 amide bonds. The van der Waals surface area contributed by atoms with E-state index in [4.69, 9.17) is 9.47 Å². The summed E-state index contributed by atoms with van der Waals surface area (Å²) in [7, 11) is 1.48. The third-order valence-electron chi connectivity index (χ3n) is 7.11. The van der Waals surface area contributed by atoms with E-state index in [2.05, 4.69) is 15.3 Å². The molecule has 3 N–H and O–H groups in total. The van der Waals surface area contributed by atoms with Crippen LogP contribution >= 0.6 is 0 Å². The van der Waals surface area contributed by atoms with Gasteiger partial charge in [-0.15, -0.1) is 0 Å². The van der Waals surface area contributed by atoms with Gasteiger partial charge in [-0.25, -0.2) is 0 Å². The van der Waals surface area contributed by atoms with Crippen molar-refractivity contribution in [2.45, 2.75) is 18.6 Å². The molecule has 2 atom stereocenters. The van der Waals surface area contributed by atoms with Crippen molar-refractivity contribution in [1.29, 1.82) is 0 Å². The van der Waals surface area contributed by atoms with Gasteiger partial charge in [-0.3, -0.25) is 19.4 Å². The molecule has 0 unspecified atom stereocenters. The number of aromatic nitrogens is 1. The number of carbonyl (C=O) groups is 2. The highest BCUT2D eigenvalue weighted by molar-refractivity contribution is 6.07. The number of ether oxygens (including phenoxy) is 2. The van der Waals surface area contributed by atoms with Gasteiger partial charge in [0, 0.05) is 41.5 Å². The molecule has 6 rings (SSSR count). The average molecular weight is 527 g/mol. The number of aromatic amines is 1. The fourth-order valence-electron chi connectivity index (χ4n) is 5.19. The summed E-state index contributed by atoms with van der Waals surface area (Å²) in [6.45, 7) is 0.572. The number of benzene rings is 3. The number of nitrogens with zero attached hydrogens (tertiary/aromatic N) is 2. The number of amides is 2. The Bertz CT molecular complexity index is 1710. The first-order chi connectivity index (χ1) is 18.9. The third-order valence-corrected chi connectivity index (χ3v) is 7.11. The number of aliphatic hydroxyl groups excluding tert-OH is 1. The molecular formula is C29H26N4O6. The molecule has 0 radical (unpaired) electrons. The van der Waals surface area contributed by atoms with E-state index >= 15 is 0 Å². The van der Waals surface area contributed by atoms with E-state index in [-0.39, 0.29) is 43.0 Å². The van der Waals surface area contributed by atoms with Crippen LogP contribution in [0.5, 0.6) is 11.5 Å². The minimum atomic E-state index is -0.569. The molecule has 198 valence electrons. The van der Waals surface area contributed by atoms with Gasteiger partial charge < -0.3 is 29.8 Å². The van der Waals surface area contributed by atoms with Crippen LogP contribution in [0.2, 0.25) is 0 Å². The van der Waals surface area contributed by atoms with Gasteiger partial charge in [-0.05, 0) is 30.3 Å². The smallest absolute Gasteiger partial charge is 0.256 e. The monoisotopic (exact) mass is 526 g/mol. The Morgan fingerprint density at radius 2 is 1.95 bits per heavy atom. The Labute approximate surface area is 222 Å². The van der Waals surface area contributed by atoms with Crippen LogP contribution < -0.4 is 20.2 Å². The molecule has 0 aliphatic carbocycles. The lowest BCUT2D eigenvalue weighted by molar-refractivity contribution is 0.0749. The van der Waals surface area contributed by atoms with Gasteiger partial charge in [0.2, 0.25) is 0 Å². The first-order valence-electron chi connectivity index (χ1n) is 12.6. The Hall–Kier alpha value is -4.70. The van der Waals surface area contributed by atoms with Crippen molar-refractivity contribution in [3.05, 3.63) is 75.9 Å². The number of para-hydroxylation sites is 2. The fraction of sp³-hybridized carbons (Fsp3) is 0.241. The molecule has 1 saturated heterocycles. The predicted octanol–water partition coefficient (Wildman–Crippen LogP) is 2.79. The van der Waals surface area contributed by atoms with Gasteiger partial charge in [0.15, 0.2) is 16.9 Å². The molecule has 10 heteroatoms. The van der Waals surface area contributed by atoms with Crippen molar-refractivity contribution in [3.63, 3.8) is 0 Å². The van der Waals surface area contributed by atoms with Crippen molar-refractivity contribution < 1.29 is 24.2 Å². The summed E-state index contributed by atoms with van der Waals surface area (Å²) in [5.74, 6) is 0.183. The lowest BCUT2D eigenvalue weighted by atomic mass is 10.1. The van der Waals surface area contributed by atoms with E-state index in [0.717, 1.165) is 0 Å². The molecule has 3 aromatic carbocycles. The number of methoxy groups -OCH3 is 1. The van der Waals surface area contributed by atoms with E-state index in [0.29, 0.717) is 56.5 Å². The Morgan fingerprint density at radius 3 is 2.79 bits per heavy atom. The van der Waals surface area contributed by atoms with E-state index in [1.807, 2.05) is 6.07 Å². The Morgan fingerprint density at radius 1 is 1.13 bits per heavy atom. The highest BCUT2D eigenvalue weighted by atomic mass is 16.5. The second-order valence-corrected chi connectivity index (χ2v) is 9.54. The van der Waals surface area contributed by atoms with Gasteiger partial charge in [0.1, 0.15) is 6.61 Å². The Balaban J connectivity index is 1.17. The molecule has 3 heterocycles. The van der Waals surface area contributed by atoms with Crippen LogP contribution in [0.3, 0.4) is 0 Å². The number of hydrogen-bond donors (Lipinski definition) is 3. The van der Waals surface area contributed by atoms with Crippen molar-refractivity contribution >= 4 is 45.5 Å². The van der Waals surface area contributed by atoms with Crippen LogP contribution in [0, 0.1) is 0 Å². The summed E-state index contributed by atoms with van der Waals surface area (Å²) in [5.41, 5.74) is 2.18. The number of H-pyrrole nitrogens is 1. The second kappa shape index (κ2) is 9.88. The largest absolute Gasteiger partial charge is 0.493 e. The van der Waals surface area contributed by atoms with E-state index in [1.165, 1.54) is 7.11 Å². The van der Waals surface area contributed by atoms with Crippen LogP contribution in [-0.4, -0.2) is 72.0 Å². The molecule has 39 heavy (non-hydrogen) atoms. The Kier molecular flexibility index (Phi) is 6.24. The molecule has 0 saturated carbocycles. The number of rotatable bonds is 6. The number of carbonyl (C=O) groups excluding carboxylic acids is 2. The maximum atomic E-state index is 13.1. The maximum absolute atomic E-state index is 13.1. The first-order valence-corrected chi connectivity index (χ1v) is 12.6. The minimum absolute atomic E-state index is 0.129. The van der Waals surface area contributed by atoms with E-state index in [1.54, 1.807) is 59.6 Å². The molecule has 1 aromatic heterocycles. The number of nitrogens with one attached hydrogen (secondary N) is 2. The van der Waals surface area contributed by atoms with E-state index in [9.17, 15) is 19.5 Å². The normalized spacial score (nSPS) is 18.1. The van der Waals surface area contributed by atoms with Crippen molar-refractivity contribution in [3.8, 4) is 11.5 Å². The average Bonchev–Trinajstić information content (AvgIpc) is 3.28. The van der Waals surface area contributed by atoms with Gasteiger partial charge in [0.25, 0.3) is 11.8 Å². The molecule has 0 spiro atoms. The molecule has 10 nitrogen and oxygen atoms in total. The SMILES string of the molecule is COc1cc2c(cc1OCCNC(=O)c1cccc3c(=O)c4ccccc4[nH]c13)N=C[C@@H]1C[C@@H](O)CN1C2=O. The summed E-state index contributed by atoms with van der Waals surface area (Å²) >= 11 is 0. The summed E-state index contributed by atoms with van der Waals surface area (Å²) in [6, 6.07) is 15.2. The first kappa shape index (κ1) is 24.6. The van der Waals surface area contributed by atoms with Gasteiger partial charge >= 0.3 is 0 Å². The second-order valence-electron chi connectivity index (χ2n) is 9.54. The predicted molar refractivity (Wildman–Crippen MR) is 146 cm³/mol. The fourth-order valence-corrected chi connectivity index (χ4v) is 5.19. The maximum Gasteiger partial charge on any atom is 0.256 e. The van der Waals surface area contributed by atoms with Crippen LogP contribution in [-0.2, 0) is 0 Å². The molecule has 2 aliphatic rings. The summed E-state index contributed by atoms with van der Waals surface area (Å²) in [4.78, 5) is 48.3. The van der Waals surface area contributed by atoms with Crippen LogP contribution in [0.15, 0.2) is 64.4 Å². The van der Waals surface area contributed by atoms with Crippen LogP contribution in [0.1, 0.15) is 27.1 Å². The topological polar surface area (TPSA) is 133 Å². The van der Waals surface area contributed by atoms with E-state index < -0.39 is 6.10 Å². The van der Waals surface area contributed by atoms with Crippen molar-refractivity contribution in [2.75, 3.05) is 26.8 Å². The highest BCUT2D eigenvalue weighted by Gasteiger charge is 2.36.